The smallest absolute Gasteiger partial charge is 0.266 e. The van der Waals surface area contributed by atoms with Gasteiger partial charge in [-0.3, -0.25) is 4.79 Å². The molecule has 0 saturated carbocycles. The lowest BCUT2D eigenvalue weighted by molar-refractivity contribution is -0.127. The van der Waals surface area contributed by atoms with Crippen LogP contribution in [0.4, 0.5) is 15.8 Å². The third-order valence-electron chi connectivity index (χ3n) is 4.51. The summed E-state index contributed by atoms with van der Waals surface area (Å²) in [4.78, 5) is 16.3. The summed E-state index contributed by atoms with van der Waals surface area (Å²) < 4.78 is 13.1. The first-order chi connectivity index (χ1) is 13.6. The second kappa shape index (κ2) is 8.70. The average molecular weight is 375 g/mol. The average Bonchev–Trinajstić information content (AvgIpc) is 2.75. The molecule has 1 saturated heterocycles. The normalized spacial score (nSPS) is 14.2. The molecule has 1 aliphatic rings. The van der Waals surface area contributed by atoms with Gasteiger partial charge in [-0.1, -0.05) is 0 Å². The van der Waals surface area contributed by atoms with E-state index in [0.29, 0.717) is 37.4 Å². The van der Waals surface area contributed by atoms with Crippen molar-refractivity contribution < 1.29 is 9.18 Å². The van der Waals surface area contributed by atoms with E-state index in [4.69, 9.17) is 5.26 Å². The van der Waals surface area contributed by atoms with Crippen molar-refractivity contribution >= 4 is 17.3 Å². The molecule has 0 radical (unpaired) electrons. The highest BCUT2D eigenvalue weighted by Crippen LogP contribution is 2.18. The van der Waals surface area contributed by atoms with Gasteiger partial charge in [0.1, 0.15) is 17.5 Å². The molecule has 0 aromatic heterocycles. The molecule has 1 N–H and O–H groups in total. The van der Waals surface area contributed by atoms with Crippen molar-refractivity contribution in [1.82, 2.24) is 4.90 Å². The van der Waals surface area contributed by atoms with Crippen LogP contribution < -0.4 is 10.2 Å². The molecule has 0 unspecified atom stereocenters. The quantitative estimate of drug-likeness (QED) is 0.656. The highest BCUT2D eigenvalue weighted by atomic mass is 19.1. The van der Waals surface area contributed by atoms with Gasteiger partial charge in [-0.05, 0) is 48.5 Å². The van der Waals surface area contributed by atoms with Gasteiger partial charge in [0.2, 0.25) is 0 Å². The number of halogens is 1. The van der Waals surface area contributed by atoms with Gasteiger partial charge in [-0.15, -0.1) is 0 Å². The van der Waals surface area contributed by atoms with Gasteiger partial charge in [0.05, 0.1) is 11.6 Å². The number of carbonyl (C=O) groups excluding carboxylic acids is 1. The summed E-state index contributed by atoms with van der Waals surface area (Å²) in [5.74, 6) is -0.612. The van der Waals surface area contributed by atoms with Crippen LogP contribution in [0.2, 0.25) is 0 Å². The molecule has 2 aromatic carbocycles. The van der Waals surface area contributed by atoms with Gasteiger partial charge < -0.3 is 15.1 Å². The molecule has 2 aromatic rings. The standard InChI is InChI=1S/C21H18FN5O/c22-18-3-7-20(8-4-18)26-9-11-27(12-10-26)21(28)17(14-24)15-25-19-5-1-16(13-23)2-6-19/h1-8,15,25H,9-12H2/b17-15-. The Morgan fingerprint density at radius 2 is 1.64 bits per heavy atom. The Hall–Kier alpha value is -3.84. The molecule has 0 spiro atoms. The molecular weight excluding hydrogens is 357 g/mol. The molecule has 1 heterocycles. The molecule has 28 heavy (non-hydrogen) atoms. The number of benzene rings is 2. The Kier molecular flexibility index (Phi) is 5.88. The van der Waals surface area contributed by atoms with Gasteiger partial charge >= 0.3 is 0 Å². The van der Waals surface area contributed by atoms with Gasteiger partial charge in [-0.25, -0.2) is 4.39 Å². The van der Waals surface area contributed by atoms with E-state index in [9.17, 15) is 14.4 Å². The summed E-state index contributed by atoms with van der Waals surface area (Å²) in [6.45, 7) is 2.18. The topological polar surface area (TPSA) is 83.2 Å². The Labute approximate surface area is 162 Å². The second-order valence-corrected chi connectivity index (χ2v) is 6.26. The Morgan fingerprint density at radius 3 is 2.21 bits per heavy atom. The maximum absolute atomic E-state index is 13.1. The molecule has 0 atom stereocenters. The fourth-order valence-electron chi connectivity index (χ4n) is 2.93. The van der Waals surface area contributed by atoms with E-state index in [1.54, 1.807) is 41.3 Å². The minimum atomic E-state index is -0.331. The number of anilines is 2. The second-order valence-electron chi connectivity index (χ2n) is 6.26. The number of nitrogens with one attached hydrogen (secondary N) is 1. The minimum absolute atomic E-state index is 0.0135. The summed E-state index contributed by atoms with van der Waals surface area (Å²) in [5.41, 5.74) is 2.14. The maximum Gasteiger partial charge on any atom is 0.266 e. The number of nitrogens with zero attached hydrogens (tertiary/aromatic N) is 4. The predicted octanol–water partition coefficient (Wildman–Crippen LogP) is 2.87. The summed E-state index contributed by atoms with van der Waals surface area (Å²) >= 11 is 0. The zero-order chi connectivity index (χ0) is 19.9. The molecule has 1 amide bonds. The van der Waals surface area contributed by atoms with Crippen molar-refractivity contribution in [3.05, 3.63) is 71.7 Å². The van der Waals surface area contributed by atoms with Crippen LogP contribution in [0.15, 0.2) is 60.3 Å². The third-order valence-corrected chi connectivity index (χ3v) is 4.51. The summed E-state index contributed by atoms with van der Waals surface area (Å²) in [7, 11) is 0. The monoisotopic (exact) mass is 375 g/mol. The van der Waals surface area contributed by atoms with Gasteiger partial charge in [0, 0.05) is 43.8 Å². The molecule has 1 aliphatic heterocycles. The first-order valence-corrected chi connectivity index (χ1v) is 8.77. The fourth-order valence-corrected chi connectivity index (χ4v) is 2.93. The molecule has 1 fully saturated rings. The molecule has 0 aliphatic carbocycles. The number of rotatable bonds is 4. The summed E-state index contributed by atoms with van der Waals surface area (Å²) in [6, 6.07) is 16.9. The number of nitriles is 2. The molecule has 140 valence electrons. The van der Waals surface area contributed by atoms with Crippen LogP contribution in [0.1, 0.15) is 5.56 Å². The first-order valence-electron chi connectivity index (χ1n) is 8.77. The van der Waals surface area contributed by atoms with E-state index in [-0.39, 0.29) is 17.3 Å². The van der Waals surface area contributed by atoms with E-state index < -0.39 is 0 Å². The number of carbonyl (C=O) groups is 1. The van der Waals surface area contributed by atoms with Crippen LogP contribution in [-0.4, -0.2) is 37.0 Å². The van der Waals surface area contributed by atoms with Crippen LogP contribution in [0.5, 0.6) is 0 Å². The SMILES string of the molecule is N#C/C(=C/Nc1ccc(C#N)cc1)C(=O)N1CCN(c2ccc(F)cc2)CC1. The highest BCUT2D eigenvalue weighted by Gasteiger charge is 2.23. The van der Waals surface area contributed by atoms with Crippen LogP contribution in [0.3, 0.4) is 0 Å². The predicted molar refractivity (Wildman–Crippen MR) is 104 cm³/mol. The summed E-state index contributed by atoms with van der Waals surface area (Å²) in [6.07, 6.45) is 1.38. The van der Waals surface area contributed by atoms with Crippen LogP contribution in [0.25, 0.3) is 0 Å². The van der Waals surface area contributed by atoms with E-state index in [1.165, 1.54) is 18.3 Å². The number of hydrogen-bond donors (Lipinski definition) is 1. The van der Waals surface area contributed by atoms with E-state index in [2.05, 4.69) is 10.2 Å². The zero-order valence-corrected chi connectivity index (χ0v) is 15.1. The van der Waals surface area contributed by atoms with Crippen molar-refractivity contribution in [2.75, 3.05) is 36.4 Å². The van der Waals surface area contributed by atoms with E-state index in [1.807, 2.05) is 12.1 Å². The first kappa shape index (κ1) is 18.9. The Morgan fingerprint density at radius 1 is 1.00 bits per heavy atom. The third kappa shape index (κ3) is 4.46. The van der Waals surface area contributed by atoms with Crippen molar-refractivity contribution in [3.8, 4) is 12.1 Å². The van der Waals surface area contributed by atoms with Crippen molar-refractivity contribution in [2.45, 2.75) is 0 Å². The summed E-state index contributed by atoms with van der Waals surface area (Å²) in [5, 5.41) is 21.1. The highest BCUT2D eigenvalue weighted by molar-refractivity contribution is 5.97. The lowest BCUT2D eigenvalue weighted by Gasteiger charge is -2.36. The Bertz CT molecular complexity index is 946. The molecule has 7 heteroatoms. The number of amides is 1. The van der Waals surface area contributed by atoms with Crippen LogP contribution >= 0.6 is 0 Å². The largest absolute Gasteiger partial charge is 0.368 e. The zero-order valence-electron chi connectivity index (χ0n) is 15.1. The van der Waals surface area contributed by atoms with Crippen LogP contribution in [0, 0.1) is 28.5 Å². The fraction of sp³-hybridized carbons (Fsp3) is 0.190. The number of piperazine rings is 1. The molecule has 3 rings (SSSR count). The van der Waals surface area contributed by atoms with Gasteiger partial charge in [0.15, 0.2) is 0 Å². The van der Waals surface area contributed by atoms with E-state index >= 15 is 0 Å². The minimum Gasteiger partial charge on any atom is -0.368 e. The Balaban J connectivity index is 1.60. The van der Waals surface area contributed by atoms with Crippen LogP contribution in [-0.2, 0) is 4.79 Å². The van der Waals surface area contributed by atoms with Gasteiger partial charge in [-0.2, -0.15) is 10.5 Å². The lowest BCUT2D eigenvalue weighted by atomic mass is 10.2. The molecular formula is C21H18FN5O. The van der Waals surface area contributed by atoms with Gasteiger partial charge in [0.25, 0.3) is 5.91 Å². The lowest BCUT2D eigenvalue weighted by Crippen LogP contribution is -2.49. The molecule has 0 bridgehead atoms. The maximum atomic E-state index is 13.1. The van der Waals surface area contributed by atoms with E-state index in [0.717, 1.165) is 5.69 Å². The number of hydrogen-bond acceptors (Lipinski definition) is 5. The van der Waals surface area contributed by atoms with Crippen molar-refractivity contribution in [2.24, 2.45) is 0 Å². The van der Waals surface area contributed by atoms with Crippen molar-refractivity contribution in [1.29, 1.82) is 10.5 Å². The van der Waals surface area contributed by atoms with Crippen molar-refractivity contribution in [3.63, 3.8) is 0 Å². The molecule has 6 nitrogen and oxygen atoms in total.